The quantitative estimate of drug-likeness (QED) is 0.784. The molecule has 0 saturated carbocycles. The van der Waals surface area contributed by atoms with Crippen LogP contribution in [0.4, 0.5) is 0 Å². The number of carbonyl (C=O) groups is 2. The topological polar surface area (TPSA) is 59.1 Å². The van der Waals surface area contributed by atoms with Gasteiger partial charge in [0.2, 0.25) is 18.6 Å². The summed E-state index contributed by atoms with van der Waals surface area (Å²) < 4.78 is 10.9. The van der Waals surface area contributed by atoms with Crippen LogP contribution in [0.3, 0.4) is 0 Å². The van der Waals surface area contributed by atoms with Crippen LogP contribution < -0.4 is 9.47 Å². The fourth-order valence-electron chi connectivity index (χ4n) is 3.83. The third-order valence-electron chi connectivity index (χ3n) is 5.31. The number of likely N-dealkylation sites (tertiary alicyclic amines) is 1. The van der Waals surface area contributed by atoms with Crippen molar-refractivity contribution >= 4 is 11.8 Å². The van der Waals surface area contributed by atoms with Gasteiger partial charge < -0.3 is 19.3 Å². The van der Waals surface area contributed by atoms with Crippen LogP contribution in [0.2, 0.25) is 0 Å². The molecular formula is C18H22N2O4. The Balaban J connectivity index is 1.43. The van der Waals surface area contributed by atoms with E-state index in [2.05, 4.69) is 0 Å². The van der Waals surface area contributed by atoms with Crippen molar-refractivity contribution in [3.05, 3.63) is 23.3 Å². The van der Waals surface area contributed by atoms with E-state index in [-0.39, 0.29) is 24.5 Å². The highest BCUT2D eigenvalue weighted by Gasteiger charge is 2.31. The summed E-state index contributed by atoms with van der Waals surface area (Å²) >= 11 is 0. The molecule has 0 N–H and O–H groups in total. The maximum atomic E-state index is 12.8. The number of ether oxygens (including phenoxy) is 2. The Morgan fingerprint density at radius 2 is 1.67 bits per heavy atom. The second-order valence-corrected chi connectivity index (χ2v) is 6.76. The minimum absolute atomic E-state index is 0.0381. The van der Waals surface area contributed by atoms with Gasteiger partial charge in [0.15, 0.2) is 11.5 Å². The van der Waals surface area contributed by atoms with Crippen LogP contribution in [-0.4, -0.2) is 48.0 Å². The molecule has 0 aromatic heterocycles. The van der Waals surface area contributed by atoms with Crippen LogP contribution in [-0.2, 0) is 22.6 Å². The van der Waals surface area contributed by atoms with E-state index >= 15 is 0 Å². The summed E-state index contributed by atoms with van der Waals surface area (Å²) in [6, 6.07) is 4.06. The van der Waals surface area contributed by atoms with Crippen molar-refractivity contribution in [3.63, 3.8) is 0 Å². The first kappa shape index (κ1) is 15.3. The first-order valence-electron chi connectivity index (χ1n) is 8.57. The molecular weight excluding hydrogens is 308 g/mol. The first-order chi connectivity index (χ1) is 11.6. The van der Waals surface area contributed by atoms with Crippen LogP contribution in [0.1, 0.15) is 30.9 Å². The van der Waals surface area contributed by atoms with E-state index in [0.29, 0.717) is 19.6 Å². The van der Waals surface area contributed by atoms with E-state index in [1.807, 2.05) is 21.9 Å². The Morgan fingerprint density at radius 3 is 2.33 bits per heavy atom. The van der Waals surface area contributed by atoms with Crippen LogP contribution >= 0.6 is 0 Å². The number of nitrogens with zero attached hydrogens (tertiary/aromatic N) is 2. The summed E-state index contributed by atoms with van der Waals surface area (Å²) in [7, 11) is 0. The molecule has 2 amide bonds. The summed E-state index contributed by atoms with van der Waals surface area (Å²) in [6.07, 6.45) is 2.38. The van der Waals surface area contributed by atoms with Gasteiger partial charge in [0, 0.05) is 39.0 Å². The summed E-state index contributed by atoms with van der Waals surface area (Å²) in [4.78, 5) is 28.0. The second-order valence-electron chi connectivity index (χ2n) is 6.76. The first-order valence-corrected chi connectivity index (χ1v) is 8.57. The van der Waals surface area contributed by atoms with Crippen molar-refractivity contribution in [2.75, 3.05) is 26.4 Å². The summed E-state index contributed by atoms with van der Waals surface area (Å²) in [5.41, 5.74) is 2.40. The number of hydrogen-bond donors (Lipinski definition) is 0. The minimum atomic E-state index is 0.0381. The van der Waals surface area contributed by atoms with Crippen LogP contribution in [0.25, 0.3) is 0 Å². The maximum Gasteiger partial charge on any atom is 0.231 e. The molecule has 0 radical (unpaired) electrons. The van der Waals surface area contributed by atoms with Gasteiger partial charge in [-0.15, -0.1) is 0 Å². The third-order valence-corrected chi connectivity index (χ3v) is 5.31. The lowest BCUT2D eigenvalue weighted by Crippen LogP contribution is -2.45. The van der Waals surface area contributed by atoms with Crippen molar-refractivity contribution in [3.8, 4) is 11.5 Å². The fraction of sp³-hybridized carbons (Fsp3) is 0.556. The van der Waals surface area contributed by atoms with Crippen LogP contribution in [0.15, 0.2) is 12.1 Å². The Bertz CT molecular complexity index is 680. The Labute approximate surface area is 141 Å². The van der Waals surface area contributed by atoms with E-state index in [1.165, 1.54) is 5.56 Å². The number of fused-ring (bicyclic) bond motifs is 2. The zero-order valence-electron chi connectivity index (χ0n) is 13.9. The molecule has 0 bridgehead atoms. The van der Waals surface area contributed by atoms with Crippen molar-refractivity contribution in [1.82, 2.24) is 9.80 Å². The van der Waals surface area contributed by atoms with Crippen molar-refractivity contribution in [1.29, 1.82) is 0 Å². The van der Waals surface area contributed by atoms with Gasteiger partial charge in [0.25, 0.3) is 0 Å². The molecule has 6 nitrogen and oxygen atoms in total. The van der Waals surface area contributed by atoms with Gasteiger partial charge in [-0.1, -0.05) is 0 Å². The van der Waals surface area contributed by atoms with Crippen molar-refractivity contribution in [2.24, 2.45) is 5.92 Å². The fourth-order valence-corrected chi connectivity index (χ4v) is 3.83. The highest BCUT2D eigenvalue weighted by Crippen LogP contribution is 2.37. The van der Waals surface area contributed by atoms with E-state index < -0.39 is 0 Å². The Kier molecular flexibility index (Phi) is 3.82. The molecule has 1 aromatic carbocycles. The minimum Gasteiger partial charge on any atom is -0.454 e. The molecule has 4 rings (SSSR count). The number of amides is 2. The van der Waals surface area contributed by atoms with Gasteiger partial charge in [-0.05, 0) is 42.5 Å². The highest BCUT2D eigenvalue weighted by molar-refractivity contribution is 5.80. The number of benzene rings is 1. The van der Waals surface area contributed by atoms with Gasteiger partial charge in [0.05, 0.1) is 0 Å². The molecule has 1 aromatic rings. The summed E-state index contributed by atoms with van der Waals surface area (Å²) in [6.45, 7) is 4.63. The normalized spacial score (nSPS) is 20.0. The van der Waals surface area contributed by atoms with Gasteiger partial charge in [-0.25, -0.2) is 0 Å². The van der Waals surface area contributed by atoms with Gasteiger partial charge in [-0.3, -0.25) is 9.59 Å². The zero-order chi connectivity index (χ0) is 16.7. The monoisotopic (exact) mass is 330 g/mol. The van der Waals surface area contributed by atoms with E-state index in [1.54, 1.807) is 6.92 Å². The van der Waals surface area contributed by atoms with Gasteiger partial charge in [-0.2, -0.15) is 0 Å². The predicted molar refractivity (Wildman–Crippen MR) is 86.7 cm³/mol. The molecule has 1 saturated heterocycles. The average Bonchev–Trinajstić information content (AvgIpc) is 3.06. The van der Waals surface area contributed by atoms with Crippen molar-refractivity contribution < 1.29 is 19.1 Å². The third kappa shape index (κ3) is 2.70. The van der Waals surface area contributed by atoms with E-state index in [4.69, 9.17) is 9.47 Å². The second kappa shape index (κ2) is 6.00. The molecule has 0 aliphatic carbocycles. The number of piperidine rings is 1. The molecule has 3 aliphatic rings. The van der Waals surface area contributed by atoms with Crippen LogP contribution in [0.5, 0.6) is 11.5 Å². The summed E-state index contributed by atoms with van der Waals surface area (Å²) in [5.74, 6) is 1.95. The molecule has 0 spiro atoms. The predicted octanol–water partition coefficient (Wildman–Crippen LogP) is 1.56. The molecule has 6 heteroatoms. The molecule has 1 fully saturated rings. The molecule has 0 unspecified atom stereocenters. The largest absolute Gasteiger partial charge is 0.454 e. The Hall–Kier alpha value is -2.24. The number of hydrogen-bond acceptors (Lipinski definition) is 4. The van der Waals surface area contributed by atoms with Gasteiger partial charge in [0.1, 0.15) is 0 Å². The Morgan fingerprint density at radius 1 is 1.00 bits per heavy atom. The van der Waals surface area contributed by atoms with Crippen LogP contribution in [0, 0.1) is 5.92 Å². The highest BCUT2D eigenvalue weighted by atomic mass is 16.7. The molecule has 128 valence electrons. The lowest BCUT2D eigenvalue weighted by atomic mass is 9.93. The van der Waals surface area contributed by atoms with Gasteiger partial charge >= 0.3 is 0 Å². The summed E-state index contributed by atoms with van der Waals surface area (Å²) in [5, 5.41) is 0. The average molecular weight is 330 g/mol. The molecule has 0 atom stereocenters. The smallest absolute Gasteiger partial charge is 0.231 e. The van der Waals surface area contributed by atoms with Crippen molar-refractivity contribution in [2.45, 2.75) is 32.7 Å². The zero-order valence-corrected chi connectivity index (χ0v) is 13.9. The standard InChI is InChI=1S/C18H22N2O4/c1-12(21)19-5-2-13(3-6-19)18(22)20-7-4-14-8-16-17(24-11-23-16)9-15(14)10-20/h8-9,13H,2-7,10-11H2,1H3. The number of carbonyl (C=O) groups excluding carboxylic acids is 2. The SMILES string of the molecule is CC(=O)N1CCC(C(=O)N2CCc3cc4c(cc3C2)OCO4)CC1. The molecule has 3 aliphatic heterocycles. The molecule has 24 heavy (non-hydrogen) atoms. The van der Waals surface area contributed by atoms with E-state index in [0.717, 1.165) is 42.9 Å². The maximum absolute atomic E-state index is 12.8. The van der Waals surface area contributed by atoms with E-state index in [9.17, 15) is 9.59 Å². The lowest BCUT2D eigenvalue weighted by Gasteiger charge is -2.36. The molecule has 3 heterocycles. The lowest BCUT2D eigenvalue weighted by molar-refractivity contribution is -0.140. The number of rotatable bonds is 1.